The molecule has 0 bridgehead atoms. The van der Waals surface area contributed by atoms with Crippen molar-refractivity contribution < 1.29 is 13.9 Å². The third-order valence-electron chi connectivity index (χ3n) is 4.73. The van der Waals surface area contributed by atoms with Crippen LogP contribution in [0, 0.1) is 5.82 Å². The predicted octanol–water partition coefficient (Wildman–Crippen LogP) is 0.515. The summed E-state index contributed by atoms with van der Waals surface area (Å²) in [5.74, 6) is 0.0887. The molecule has 0 saturated carbocycles. The molecular formula is C16H19FN6O2. The van der Waals surface area contributed by atoms with Gasteiger partial charge in [0, 0.05) is 32.6 Å². The van der Waals surface area contributed by atoms with Crippen molar-refractivity contribution in [2.75, 3.05) is 18.1 Å². The fourth-order valence-electron chi connectivity index (χ4n) is 3.58. The van der Waals surface area contributed by atoms with E-state index in [1.54, 1.807) is 24.0 Å². The standard InChI is InChI=1S/C16H19FN6O2/c1-22-5-4-18-14(22)15(24)21-11-9-23(12-3-2-6-25-13(11)12)16-19-7-10(17)8-20-16/h4-5,7-8,11-13H,2-3,6,9H2,1H3,(H,21,24)/t11-,12-,13-/m1/s1. The first-order chi connectivity index (χ1) is 12.1. The minimum atomic E-state index is -0.473. The zero-order chi connectivity index (χ0) is 17.4. The van der Waals surface area contributed by atoms with E-state index >= 15 is 0 Å². The number of aryl methyl sites for hydroxylation is 1. The molecule has 2 fully saturated rings. The van der Waals surface area contributed by atoms with Gasteiger partial charge in [0.15, 0.2) is 11.6 Å². The summed E-state index contributed by atoms with van der Waals surface area (Å²) in [5, 5.41) is 3.01. The number of hydrogen-bond acceptors (Lipinski definition) is 6. The first-order valence-corrected chi connectivity index (χ1v) is 8.27. The highest BCUT2D eigenvalue weighted by Crippen LogP contribution is 2.31. The molecule has 3 atom stereocenters. The van der Waals surface area contributed by atoms with Gasteiger partial charge in [-0.05, 0) is 12.8 Å². The van der Waals surface area contributed by atoms with E-state index in [1.165, 1.54) is 0 Å². The predicted molar refractivity (Wildman–Crippen MR) is 86.6 cm³/mol. The summed E-state index contributed by atoms with van der Waals surface area (Å²) in [5.41, 5.74) is 0. The Morgan fingerprint density at radius 3 is 2.88 bits per heavy atom. The molecule has 2 aliphatic rings. The Balaban J connectivity index is 1.55. The summed E-state index contributed by atoms with van der Waals surface area (Å²) in [6.45, 7) is 1.17. The zero-order valence-corrected chi connectivity index (χ0v) is 13.8. The van der Waals surface area contributed by atoms with Crippen LogP contribution in [0.25, 0.3) is 0 Å². The molecule has 2 aromatic heterocycles. The maximum absolute atomic E-state index is 13.1. The zero-order valence-electron chi connectivity index (χ0n) is 13.8. The molecule has 0 aromatic carbocycles. The third kappa shape index (κ3) is 2.95. The lowest BCUT2D eigenvalue weighted by molar-refractivity contribution is 0.000529. The van der Waals surface area contributed by atoms with Crippen LogP contribution in [0.2, 0.25) is 0 Å². The molecule has 0 spiro atoms. The lowest BCUT2D eigenvalue weighted by Crippen LogP contribution is -2.48. The number of halogens is 1. The maximum atomic E-state index is 13.1. The molecule has 0 aliphatic carbocycles. The highest BCUT2D eigenvalue weighted by molar-refractivity contribution is 5.91. The average Bonchev–Trinajstić information content (AvgIpc) is 3.20. The summed E-state index contributed by atoms with van der Waals surface area (Å²) in [4.78, 5) is 26.7. The molecule has 1 N–H and O–H groups in total. The van der Waals surface area contributed by atoms with E-state index in [4.69, 9.17) is 4.74 Å². The Hall–Kier alpha value is -2.55. The number of ether oxygens (including phenoxy) is 1. The molecule has 2 aromatic rings. The van der Waals surface area contributed by atoms with Gasteiger partial charge in [-0.15, -0.1) is 0 Å². The lowest BCUT2D eigenvalue weighted by Gasteiger charge is -2.32. The van der Waals surface area contributed by atoms with E-state index in [0.29, 0.717) is 24.9 Å². The van der Waals surface area contributed by atoms with Gasteiger partial charge in [0.1, 0.15) is 0 Å². The number of carbonyl (C=O) groups is 1. The number of hydrogen-bond donors (Lipinski definition) is 1. The Morgan fingerprint density at radius 1 is 1.36 bits per heavy atom. The first-order valence-electron chi connectivity index (χ1n) is 8.27. The van der Waals surface area contributed by atoms with Crippen LogP contribution in [0.4, 0.5) is 10.3 Å². The minimum absolute atomic E-state index is 0.0610. The summed E-state index contributed by atoms with van der Waals surface area (Å²) >= 11 is 0. The molecule has 2 aliphatic heterocycles. The van der Waals surface area contributed by atoms with Gasteiger partial charge in [0.25, 0.3) is 5.91 Å². The second-order valence-corrected chi connectivity index (χ2v) is 6.34. The highest BCUT2D eigenvalue weighted by atomic mass is 19.1. The van der Waals surface area contributed by atoms with Gasteiger partial charge >= 0.3 is 0 Å². The van der Waals surface area contributed by atoms with E-state index in [1.807, 2.05) is 4.90 Å². The average molecular weight is 346 g/mol. The molecule has 2 saturated heterocycles. The van der Waals surface area contributed by atoms with Gasteiger partial charge in [-0.3, -0.25) is 4.79 Å². The van der Waals surface area contributed by atoms with Crippen molar-refractivity contribution in [2.45, 2.75) is 31.0 Å². The van der Waals surface area contributed by atoms with Gasteiger partial charge in [-0.2, -0.15) is 0 Å². The van der Waals surface area contributed by atoms with Gasteiger partial charge in [0.2, 0.25) is 5.95 Å². The molecule has 25 heavy (non-hydrogen) atoms. The SMILES string of the molecule is Cn1ccnc1C(=O)N[C@@H]1CN(c2ncc(F)cn2)[C@@H]2CCCO[C@@H]21. The normalized spacial score (nSPS) is 25.7. The van der Waals surface area contributed by atoms with E-state index in [0.717, 1.165) is 25.2 Å². The molecule has 1 amide bonds. The van der Waals surface area contributed by atoms with Crippen molar-refractivity contribution >= 4 is 11.9 Å². The van der Waals surface area contributed by atoms with Crippen molar-refractivity contribution in [1.82, 2.24) is 24.8 Å². The van der Waals surface area contributed by atoms with E-state index < -0.39 is 5.82 Å². The van der Waals surface area contributed by atoms with Crippen LogP contribution in [0.1, 0.15) is 23.5 Å². The second kappa shape index (κ2) is 6.40. The van der Waals surface area contributed by atoms with Crippen LogP contribution in [-0.2, 0) is 11.8 Å². The number of amides is 1. The Morgan fingerprint density at radius 2 is 2.16 bits per heavy atom. The minimum Gasteiger partial charge on any atom is -0.374 e. The van der Waals surface area contributed by atoms with Crippen LogP contribution in [-0.4, -0.2) is 56.8 Å². The quantitative estimate of drug-likeness (QED) is 0.872. The molecule has 0 radical (unpaired) electrons. The second-order valence-electron chi connectivity index (χ2n) is 6.34. The summed E-state index contributed by atoms with van der Waals surface area (Å²) < 4.78 is 20.7. The van der Waals surface area contributed by atoms with Gasteiger partial charge in [0.05, 0.1) is 30.6 Å². The summed E-state index contributed by atoms with van der Waals surface area (Å²) in [6, 6.07) is -0.144. The van der Waals surface area contributed by atoms with Crippen molar-refractivity contribution in [1.29, 1.82) is 0 Å². The van der Waals surface area contributed by atoms with Crippen LogP contribution in [0.3, 0.4) is 0 Å². The number of anilines is 1. The van der Waals surface area contributed by atoms with Crippen molar-refractivity contribution in [3.05, 3.63) is 36.4 Å². The number of fused-ring (bicyclic) bond motifs is 1. The van der Waals surface area contributed by atoms with E-state index in [-0.39, 0.29) is 24.1 Å². The topological polar surface area (TPSA) is 85.2 Å². The molecule has 9 heteroatoms. The maximum Gasteiger partial charge on any atom is 0.287 e. The molecule has 132 valence electrons. The van der Waals surface area contributed by atoms with Crippen molar-refractivity contribution in [3.8, 4) is 0 Å². The number of imidazole rings is 1. The number of nitrogens with one attached hydrogen (secondary N) is 1. The molecular weight excluding hydrogens is 327 g/mol. The number of carbonyl (C=O) groups excluding carboxylic acids is 1. The number of rotatable bonds is 3. The van der Waals surface area contributed by atoms with Gasteiger partial charge < -0.3 is 19.5 Å². The van der Waals surface area contributed by atoms with Crippen molar-refractivity contribution in [2.24, 2.45) is 7.05 Å². The van der Waals surface area contributed by atoms with Crippen molar-refractivity contribution in [3.63, 3.8) is 0 Å². The number of aromatic nitrogens is 4. The Kier molecular flexibility index (Phi) is 4.08. The summed E-state index contributed by atoms with van der Waals surface area (Å²) in [7, 11) is 1.77. The van der Waals surface area contributed by atoms with Gasteiger partial charge in [-0.25, -0.2) is 19.3 Å². The van der Waals surface area contributed by atoms with Crippen LogP contribution in [0.5, 0.6) is 0 Å². The van der Waals surface area contributed by atoms with E-state index in [9.17, 15) is 9.18 Å². The van der Waals surface area contributed by atoms with Crippen LogP contribution < -0.4 is 10.2 Å². The molecule has 8 nitrogen and oxygen atoms in total. The first kappa shape index (κ1) is 15.9. The summed E-state index contributed by atoms with van der Waals surface area (Å²) in [6.07, 6.45) is 7.32. The lowest BCUT2D eigenvalue weighted by atomic mass is 10.0. The Bertz CT molecular complexity index is 764. The fraction of sp³-hybridized carbons (Fsp3) is 0.500. The largest absolute Gasteiger partial charge is 0.374 e. The number of nitrogens with zero attached hydrogens (tertiary/aromatic N) is 5. The van der Waals surface area contributed by atoms with E-state index in [2.05, 4.69) is 20.3 Å². The van der Waals surface area contributed by atoms with Crippen LogP contribution in [0.15, 0.2) is 24.8 Å². The van der Waals surface area contributed by atoms with Crippen LogP contribution >= 0.6 is 0 Å². The smallest absolute Gasteiger partial charge is 0.287 e. The van der Waals surface area contributed by atoms with Gasteiger partial charge in [-0.1, -0.05) is 0 Å². The molecule has 4 heterocycles. The fourth-order valence-corrected chi connectivity index (χ4v) is 3.58. The monoisotopic (exact) mass is 346 g/mol. The highest BCUT2D eigenvalue weighted by Gasteiger charge is 2.46. The molecule has 4 rings (SSSR count). The third-order valence-corrected chi connectivity index (χ3v) is 4.73. The Labute approximate surface area is 144 Å². The molecule has 0 unspecified atom stereocenters.